The number of fused-ring (bicyclic) bond motifs is 1. The second kappa shape index (κ2) is 6.59. The summed E-state index contributed by atoms with van der Waals surface area (Å²) in [5.41, 5.74) is 2.95. The topological polar surface area (TPSA) is 49.6 Å². The van der Waals surface area contributed by atoms with Crippen LogP contribution in [-0.2, 0) is 0 Å². The third-order valence-corrected chi connectivity index (χ3v) is 4.99. The smallest absolute Gasteiger partial charge is 0.253 e. The summed E-state index contributed by atoms with van der Waals surface area (Å²) in [5, 5.41) is 3.19. The van der Waals surface area contributed by atoms with Gasteiger partial charge in [-0.15, -0.1) is 0 Å². The van der Waals surface area contributed by atoms with E-state index in [1.54, 1.807) is 0 Å². The number of aromatic nitrogens is 2. The van der Waals surface area contributed by atoms with Crippen LogP contribution in [0.5, 0.6) is 0 Å². The van der Waals surface area contributed by atoms with E-state index in [4.69, 9.17) is 4.98 Å². The second-order valence-corrected chi connectivity index (χ2v) is 6.50. The maximum Gasteiger partial charge on any atom is 0.253 e. The fourth-order valence-electron chi connectivity index (χ4n) is 3.59. The lowest BCUT2D eigenvalue weighted by atomic mass is 9.93. The van der Waals surface area contributed by atoms with Crippen molar-refractivity contribution in [1.82, 2.24) is 14.3 Å². The third-order valence-electron chi connectivity index (χ3n) is 4.99. The first-order valence-electron chi connectivity index (χ1n) is 8.76. The van der Waals surface area contributed by atoms with Crippen LogP contribution in [-0.4, -0.2) is 40.3 Å². The van der Waals surface area contributed by atoms with Crippen LogP contribution in [0.25, 0.3) is 5.52 Å². The van der Waals surface area contributed by atoms with Gasteiger partial charge in [-0.3, -0.25) is 4.79 Å². The Morgan fingerprint density at radius 2 is 1.88 bits per heavy atom. The lowest BCUT2D eigenvalue weighted by Crippen LogP contribution is -2.38. The van der Waals surface area contributed by atoms with Gasteiger partial charge in [0, 0.05) is 44.0 Å². The molecule has 5 nitrogen and oxygen atoms in total. The summed E-state index contributed by atoms with van der Waals surface area (Å²) in [5.74, 6) is 1.42. The first kappa shape index (κ1) is 15.7. The first-order chi connectivity index (χ1) is 12.3. The molecule has 0 aliphatic carbocycles. The van der Waals surface area contributed by atoms with Gasteiger partial charge in [-0.25, -0.2) is 4.98 Å². The molecule has 1 amide bonds. The average Bonchev–Trinajstić information content (AvgIpc) is 3.16. The Morgan fingerprint density at radius 3 is 2.60 bits per heavy atom. The lowest BCUT2D eigenvalue weighted by Gasteiger charge is -2.32. The predicted molar refractivity (Wildman–Crippen MR) is 99.1 cm³/mol. The highest BCUT2D eigenvalue weighted by Gasteiger charge is 2.26. The number of carbonyl (C=O) groups excluding carboxylic acids is 1. The molecule has 0 bridgehead atoms. The molecule has 25 heavy (non-hydrogen) atoms. The quantitative estimate of drug-likeness (QED) is 0.799. The average molecular weight is 334 g/mol. The molecule has 1 saturated heterocycles. The zero-order valence-electron chi connectivity index (χ0n) is 14.4. The van der Waals surface area contributed by atoms with Crippen LogP contribution in [0.2, 0.25) is 0 Å². The van der Waals surface area contributed by atoms with Crippen LogP contribution < -0.4 is 5.32 Å². The highest BCUT2D eigenvalue weighted by Crippen LogP contribution is 2.29. The fourth-order valence-corrected chi connectivity index (χ4v) is 3.59. The Balaban J connectivity index is 1.49. The maximum absolute atomic E-state index is 12.6. The summed E-state index contributed by atoms with van der Waals surface area (Å²) in [6, 6.07) is 13.6. The van der Waals surface area contributed by atoms with Gasteiger partial charge in [0.2, 0.25) is 0 Å². The molecule has 1 aliphatic heterocycles. The van der Waals surface area contributed by atoms with Crippen molar-refractivity contribution in [3.05, 3.63) is 66.1 Å². The van der Waals surface area contributed by atoms with Gasteiger partial charge in [0.25, 0.3) is 5.91 Å². The SMILES string of the molecule is CNc1nc(C2CCN(C(=O)c3ccccc3)CC2)cn2cccc12. The normalized spacial score (nSPS) is 15.5. The molecule has 0 atom stereocenters. The molecule has 3 heterocycles. The standard InChI is InChI=1S/C20H22N4O/c1-21-19-18-8-5-11-24(18)14-17(22-19)15-9-12-23(13-10-15)20(25)16-6-3-2-4-7-16/h2-8,11,14-15H,9-10,12-13H2,1H3,(H,21,22). The minimum Gasteiger partial charge on any atom is -0.371 e. The summed E-state index contributed by atoms with van der Waals surface area (Å²) >= 11 is 0. The van der Waals surface area contributed by atoms with Crippen LogP contribution in [0, 0.1) is 0 Å². The van der Waals surface area contributed by atoms with Crippen molar-refractivity contribution < 1.29 is 4.79 Å². The van der Waals surface area contributed by atoms with Gasteiger partial charge in [-0.1, -0.05) is 18.2 Å². The van der Waals surface area contributed by atoms with E-state index >= 15 is 0 Å². The number of likely N-dealkylation sites (tertiary alicyclic amines) is 1. The van der Waals surface area contributed by atoms with Gasteiger partial charge in [0.15, 0.2) is 0 Å². The van der Waals surface area contributed by atoms with Crippen molar-refractivity contribution in [2.75, 3.05) is 25.5 Å². The number of rotatable bonds is 3. The first-order valence-corrected chi connectivity index (χ1v) is 8.76. The number of hydrogen-bond donors (Lipinski definition) is 1. The van der Waals surface area contributed by atoms with E-state index in [2.05, 4.69) is 28.2 Å². The number of nitrogens with one attached hydrogen (secondary N) is 1. The fraction of sp³-hybridized carbons (Fsp3) is 0.300. The van der Waals surface area contributed by atoms with E-state index in [-0.39, 0.29) is 5.91 Å². The van der Waals surface area contributed by atoms with Crippen molar-refractivity contribution in [3.8, 4) is 0 Å². The molecule has 3 aromatic rings. The summed E-state index contributed by atoms with van der Waals surface area (Å²) in [7, 11) is 1.90. The van der Waals surface area contributed by atoms with Crippen molar-refractivity contribution in [3.63, 3.8) is 0 Å². The largest absolute Gasteiger partial charge is 0.371 e. The summed E-state index contributed by atoms with van der Waals surface area (Å²) in [4.78, 5) is 19.3. The Kier molecular flexibility index (Phi) is 4.14. The Bertz CT molecular complexity index is 879. The number of amides is 1. The number of carbonyl (C=O) groups is 1. The number of nitrogens with zero attached hydrogens (tertiary/aromatic N) is 3. The van der Waals surface area contributed by atoms with Gasteiger partial charge >= 0.3 is 0 Å². The lowest BCUT2D eigenvalue weighted by molar-refractivity contribution is 0.0712. The van der Waals surface area contributed by atoms with Crippen molar-refractivity contribution in [2.24, 2.45) is 0 Å². The number of hydrogen-bond acceptors (Lipinski definition) is 3. The zero-order valence-corrected chi connectivity index (χ0v) is 14.4. The molecule has 0 saturated carbocycles. The van der Waals surface area contributed by atoms with Crippen LogP contribution in [0.15, 0.2) is 54.9 Å². The van der Waals surface area contributed by atoms with E-state index in [0.29, 0.717) is 5.92 Å². The van der Waals surface area contributed by atoms with Crippen molar-refractivity contribution in [2.45, 2.75) is 18.8 Å². The summed E-state index contributed by atoms with van der Waals surface area (Å²) < 4.78 is 2.12. The summed E-state index contributed by atoms with van der Waals surface area (Å²) in [6.45, 7) is 1.55. The molecule has 1 aliphatic rings. The molecule has 1 N–H and O–H groups in total. The highest BCUT2D eigenvalue weighted by molar-refractivity contribution is 5.94. The molecule has 4 rings (SSSR count). The van der Waals surface area contributed by atoms with Gasteiger partial charge in [-0.2, -0.15) is 0 Å². The zero-order chi connectivity index (χ0) is 17.2. The van der Waals surface area contributed by atoms with Crippen LogP contribution in [0.4, 0.5) is 5.82 Å². The Hall–Kier alpha value is -2.82. The molecule has 0 radical (unpaired) electrons. The van der Waals surface area contributed by atoms with Crippen LogP contribution in [0.1, 0.15) is 34.8 Å². The molecular weight excluding hydrogens is 312 g/mol. The Labute approximate surface area is 147 Å². The van der Waals surface area contributed by atoms with E-state index in [1.807, 2.05) is 48.3 Å². The van der Waals surface area contributed by atoms with Crippen LogP contribution >= 0.6 is 0 Å². The molecule has 1 aromatic carbocycles. The van der Waals surface area contributed by atoms with Crippen LogP contribution in [0.3, 0.4) is 0 Å². The van der Waals surface area contributed by atoms with Gasteiger partial charge in [0.1, 0.15) is 5.82 Å². The number of anilines is 1. The van der Waals surface area contributed by atoms with Gasteiger partial charge in [-0.05, 0) is 37.1 Å². The van der Waals surface area contributed by atoms with E-state index in [1.165, 1.54) is 0 Å². The molecule has 1 fully saturated rings. The monoisotopic (exact) mass is 334 g/mol. The van der Waals surface area contributed by atoms with E-state index < -0.39 is 0 Å². The molecule has 0 unspecified atom stereocenters. The van der Waals surface area contributed by atoms with Gasteiger partial charge < -0.3 is 14.6 Å². The Morgan fingerprint density at radius 1 is 1.12 bits per heavy atom. The van der Waals surface area contributed by atoms with Crippen molar-refractivity contribution >= 4 is 17.2 Å². The maximum atomic E-state index is 12.6. The highest BCUT2D eigenvalue weighted by atomic mass is 16.2. The van der Waals surface area contributed by atoms with E-state index in [0.717, 1.165) is 48.5 Å². The molecule has 0 spiro atoms. The van der Waals surface area contributed by atoms with Crippen molar-refractivity contribution in [1.29, 1.82) is 0 Å². The molecular formula is C20H22N4O. The minimum absolute atomic E-state index is 0.129. The minimum atomic E-state index is 0.129. The third kappa shape index (κ3) is 2.97. The second-order valence-electron chi connectivity index (χ2n) is 6.50. The number of piperidine rings is 1. The molecule has 2 aromatic heterocycles. The van der Waals surface area contributed by atoms with Gasteiger partial charge in [0.05, 0.1) is 11.2 Å². The molecule has 128 valence electrons. The summed E-state index contributed by atoms with van der Waals surface area (Å²) in [6.07, 6.45) is 6.06. The number of benzene rings is 1. The molecule has 5 heteroatoms. The predicted octanol–water partition coefficient (Wildman–Crippen LogP) is 3.40. The van der Waals surface area contributed by atoms with E-state index in [9.17, 15) is 4.79 Å².